The Morgan fingerprint density at radius 3 is 2.80 bits per heavy atom. The fourth-order valence-corrected chi connectivity index (χ4v) is 3.93. The molecule has 2 nitrogen and oxygen atoms in total. The molecule has 1 aliphatic carbocycles. The number of nitrogens with one attached hydrogen (secondary N) is 1. The van der Waals surface area contributed by atoms with Crippen LogP contribution in [-0.2, 0) is 0 Å². The minimum absolute atomic E-state index is 0.103. The summed E-state index contributed by atoms with van der Waals surface area (Å²) in [6, 6.07) is 0.358. The molecule has 2 aliphatic rings. The summed E-state index contributed by atoms with van der Waals surface area (Å²) in [6.07, 6.45) is 7.20. The number of hydrogen-bond acceptors (Lipinski definition) is 3. The lowest BCUT2D eigenvalue weighted by atomic mass is 9.92. The van der Waals surface area contributed by atoms with Crippen LogP contribution in [0.25, 0.3) is 0 Å². The van der Waals surface area contributed by atoms with Gasteiger partial charge in [-0.3, -0.25) is 0 Å². The molecule has 0 aromatic rings. The molecular formula is C12H23NOS. The molecule has 2 fully saturated rings. The normalized spacial score (nSPS) is 42.0. The summed E-state index contributed by atoms with van der Waals surface area (Å²) in [5, 5.41) is 13.4. The zero-order valence-corrected chi connectivity index (χ0v) is 10.5. The van der Waals surface area contributed by atoms with Crippen molar-refractivity contribution in [1.29, 1.82) is 0 Å². The first-order valence-electron chi connectivity index (χ1n) is 6.25. The summed E-state index contributed by atoms with van der Waals surface area (Å²) >= 11 is 2.09. The van der Waals surface area contributed by atoms with E-state index < -0.39 is 0 Å². The first-order chi connectivity index (χ1) is 7.20. The van der Waals surface area contributed by atoms with Gasteiger partial charge in [-0.15, -0.1) is 0 Å². The average molecular weight is 229 g/mol. The van der Waals surface area contributed by atoms with E-state index in [0.717, 1.165) is 19.4 Å². The van der Waals surface area contributed by atoms with E-state index in [1.807, 2.05) is 0 Å². The second kappa shape index (κ2) is 5.07. The van der Waals surface area contributed by atoms with Crippen LogP contribution in [0, 0.1) is 0 Å². The van der Waals surface area contributed by atoms with Gasteiger partial charge < -0.3 is 10.4 Å². The molecule has 15 heavy (non-hydrogen) atoms. The molecule has 1 heterocycles. The van der Waals surface area contributed by atoms with Gasteiger partial charge in [0.05, 0.1) is 6.10 Å². The molecule has 0 aromatic carbocycles. The van der Waals surface area contributed by atoms with Crippen LogP contribution in [-0.4, -0.2) is 34.3 Å². The molecule has 3 atom stereocenters. The highest BCUT2D eigenvalue weighted by Gasteiger charge is 2.31. The van der Waals surface area contributed by atoms with E-state index in [9.17, 15) is 5.11 Å². The van der Waals surface area contributed by atoms with Crippen LogP contribution in [0.4, 0.5) is 0 Å². The molecule has 1 saturated heterocycles. The molecule has 1 saturated carbocycles. The van der Waals surface area contributed by atoms with E-state index in [1.54, 1.807) is 0 Å². The van der Waals surface area contributed by atoms with Crippen molar-refractivity contribution in [1.82, 2.24) is 5.32 Å². The smallest absolute Gasteiger partial charge is 0.0693 e. The Morgan fingerprint density at radius 2 is 2.13 bits per heavy atom. The first-order valence-corrected chi connectivity index (χ1v) is 7.24. The lowest BCUT2D eigenvalue weighted by molar-refractivity contribution is 0.0900. The number of aliphatic hydroxyl groups excluding tert-OH is 1. The summed E-state index contributed by atoms with van der Waals surface area (Å²) in [6.45, 7) is 3.42. The first kappa shape index (κ1) is 11.7. The lowest BCUT2D eigenvalue weighted by Crippen LogP contribution is -2.46. The van der Waals surface area contributed by atoms with Gasteiger partial charge in [0.25, 0.3) is 0 Å². The molecular weight excluding hydrogens is 206 g/mol. The third kappa shape index (κ3) is 3.11. The Morgan fingerprint density at radius 1 is 1.33 bits per heavy atom. The van der Waals surface area contributed by atoms with Gasteiger partial charge in [-0.05, 0) is 38.4 Å². The maximum atomic E-state index is 9.86. The number of thioether (sulfide) groups is 1. The largest absolute Gasteiger partial charge is 0.392 e. The van der Waals surface area contributed by atoms with Crippen LogP contribution in [0.5, 0.6) is 0 Å². The van der Waals surface area contributed by atoms with Gasteiger partial charge >= 0.3 is 0 Å². The molecule has 0 bridgehead atoms. The molecule has 1 aliphatic heterocycles. The van der Waals surface area contributed by atoms with Crippen LogP contribution >= 0.6 is 11.8 Å². The quantitative estimate of drug-likeness (QED) is 0.778. The highest BCUT2D eigenvalue weighted by atomic mass is 32.2. The van der Waals surface area contributed by atoms with E-state index in [2.05, 4.69) is 24.0 Å². The molecule has 0 amide bonds. The zero-order chi connectivity index (χ0) is 10.7. The van der Waals surface area contributed by atoms with Crippen LogP contribution in [0.15, 0.2) is 0 Å². The molecule has 88 valence electrons. The Bertz CT molecular complexity index is 204. The third-order valence-corrected chi connectivity index (χ3v) is 5.31. The molecule has 0 aromatic heterocycles. The maximum absolute atomic E-state index is 9.86. The zero-order valence-electron chi connectivity index (χ0n) is 9.67. The van der Waals surface area contributed by atoms with Crippen molar-refractivity contribution in [3.63, 3.8) is 0 Å². The van der Waals surface area contributed by atoms with E-state index >= 15 is 0 Å². The molecule has 0 radical (unpaired) electrons. The van der Waals surface area contributed by atoms with E-state index in [0.29, 0.717) is 10.8 Å². The summed E-state index contributed by atoms with van der Waals surface area (Å²) in [4.78, 5) is 0. The lowest BCUT2D eigenvalue weighted by Gasteiger charge is -2.32. The SMILES string of the molecule is CC1(CNC2CCCCC2O)CCCS1. The van der Waals surface area contributed by atoms with Gasteiger partial charge in [0.15, 0.2) is 0 Å². The number of rotatable bonds is 3. The van der Waals surface area contributed by atoms with Crippen molar-refractivity contribution in [2.24, 2.45) is 0 Å². The summed E-state index contributed by atoms with van der Waals surface area (Å²) < 4.78 is 0.428. The molecule has 3 heteroatoms. The summed E-state index contributed by atoms with van der Waals surface area (Å²) in [5.74, 6) is 1.31. The minimum atomic E-state index is -0.103. The van der Waals surface area contributed by atoms with Crippen molar-refractivity contribution < 1.29 is 5.11 Å². The average Bonchev–Trinajstić information content (AvgIpc) is 2.65. The van der Waals surface area contributed by atoms with Crippen LogP contribution in [0.3, 0.4) is 0 Å². The Kier molecular flexibility index (Phi) is 3.97. The third-order valence-electron chi connectivity index (χ3n) is 3.77. The molecule has 2 rings (SSSR count). The van der Waals surface area contributed by atoms with Gasteiger partial charge in [-0.1, -0.05) is 12.8 Å². The highest BCUT2D eigenvalue weighted by Crippen LogP contribution is 2.37. The fourth-order valence-electron chi connectivity index (χ4n) is 2.67. The van der Waals surface area contributed by atoms with Crippen LogP contribution < -0.4 is 5.32 Å². The van der Waals surface area contributed by atoms with Crippen molar-refractivity contribution in [3.8, 4) is 0 Å². The number of aliphatic hydroxyl groups is 1. The van der Waals surface area contributed by atoms with Gasteiger partial charge in [0.1, 0.15) is 0 Å². The maximum Gasteiger partial charge on any atom is 0.0693 e. The Hall–Kier alpha value is 0.270. The van der Waals surface area contributed by atoms with E-state index in [1.165, 1.54) is 31.4 Å². The van der Waals surface area contributed by atoms with Gasteiger partial charge in [-0.2, -0.15) is 11.8 Å². The van der Waals surface area contributed by atoms with Crippen LogP contribution in [0.2, 0.25) is 0 Å². The predicted molar refractivity (Wildman–Crippen MR) is 66.4 cm³/mol. The molecule has 2 N–H and O–H groups in total. The molecule has 3 unspecified atom stereocenters. The monoisotopic (exact) mass is 229 g/mol. The van der Waals surface area contributed by atoms with E-state index in [4.69, 9.17) is 0 Å². The van der Waals surface area contributed by atoms with E-state index in [-0.39, 0.29) is 6.10 Å². The van der Waals surface area contributed by atoms with Crippen molar-refractivity contribution in [2.45, 2.75) is 62.3 Å². The van der Waals surface area contributed by atoms with Gasteiger partial charge in [0.2, 0.25) is 0 Å². The molecule has 0 spiro atoms. The van der Waals surface area contributed by atoms with Crippen molar-refractivity contribution in [2.75, 3.05) is 12.3 Å². The highest BCUT2D eigenvalue weighted by molar-refractivity contribution is 8.00. The second-order valence-corrected chi connectivity index (χ2v) is 6.92. The Labute approximate surface area is 97.2 Å². The summed E-state index contributed by atoms with van der Waals surface area (Å²) in [5.41, 5.74) is 0. The van der Waals surface area contributed by atoms with Crippen molar-refractivity contribution >= 4 is 11.8 Å². The summed E-state index contributed by atoms with van der Waals surface area (Å²) in [7, 11) is 0. The predicted octanol–water partition coefficient (Wildman–Crippen LogP) is 2.17. The second-order valence-electron chi connectivity index (χ2n) is 5.24. The standard InChI is InChI=1S/C12H23NOS/c1-12(7-4-8-15-12)9-13-10-5-2-3-6-11(10)14/h10-11,13-14H,2-9H2,1H3. The minimum Gasteiger partial charge on any atom is -0.392 e. The van der Waals surface area contributed by atoms with Gasteiger partial charge in [0, 0.05) is 17.3 Å². The topological polar surface area (TPSA) is 32.3 Å². The fraction of sp³-hybridized carbons (Fsp3) is 1.00. The Balaban J connectivity index is 1.76. The van der Waals surface area contributed by atoms with Gasteiger partial charge in [-0.25, -0.2) is 0 Å². The number of hydrogen-bond donors (Lipinski definition) is 2. The van der Waals surface area contributed by atoms with Crippen molar-refractivity contribution in [3.05, 3.63) is 0 Å². The van der Waals surface area contributed by atoms with Crippen LogP contribution in [0.1, 0.15) is 45.4 Å².